The van der Waals surface area contributed by atoms with Gasteiger partial charge in [0.2, 0.25) is 0 Å². The van der Waals surface area contributed by atoms with E-state index in [2.05, 4.69) is 55.3 Å². The van der Waals surface area contributed by atoms with E-state index in [0.717, 1.165) is 24.5 Å². The highest BCUT2D eigenvalue weighted by Gasteiger charge is 2.11. The summed E-state index contributed by atoms with van der Waals surface area (Å²) in [6.07, 6.45) is 2.17. The number of nitrogens with one attached hydrogen (secondary N) is 1. The van der Waals surface area contributed by atoms with E-state index in [9.17, 15) is 0 Å². The lowest BCUT2D eigenvalue weighted by Gasteiger charge is -2.22. The van der Waals surface area contributed by atoms with Crippen LogP contribution in [0, 0.1) is 0 Å². The van der Waals surface area contributed by atoms with Gasteiger partial charge in [0.05, 0.1) is 5.69 Å². The van der Waals surface area contributed by atoms with Crippen molar-refractivity contribution in [3.8, 4) is 0 Å². The van der Waals surface area contributed by atoms with Crippen LogP contribution in [0.25, 0.3) is 0 Å². The Hall–Kier alpha value is -0.610. The number of rotatable bonds is 7. The summed E-state index contributed by atoms with van der Waals surface area (Å²) >= 11 is 1.75. The predicted octanol–water partition coefficient (Wildman–Crippen LogP) is 2.92. The summed E-state index contributed by atoms with van der Waals surface area (Å²) in [5.41, 5.74) is 1.20. The van der Waals surface area contributed by atoms with E-state index in [0.29, 0.717) is 12.1 Å². The van der Waals surface area contributed by atoms with Crippen molar-refractivity contribution in [3.05, 3.63) is 11.1 Å². The minimum absolute atomic E-state index is 0.552. The first-order chi connectivity index (χ1) is 8.04. The van der Waals surface area contributed by atoms with E-state index in [4.69, 9.17) is 0 Å². The van der Waals surface area contributed by atoms with Gasteiger partial charge in [-0.1, -0.05) is 20.8 Å². The molecule has 0 aliphatic heterocycles. The van der Waals surface area contributed by atoms with Crippen LogP contribution in [0.3, 0.4) is 0 Å². The molecule has 1 rings (SSSR count). The van der Waals surface area contributed by atoms with E-state index in [-0.39, 0.29) is 0 Å². The van der Waals surface area contributed by atoms with Gasteiger partial charge in [0.25, 0.3) is 0 Å². The van der Waals surface area contributed by atoms with Crippen LogP contribution in [-0.2, 0) is 6.42 Å². The van der Waals surface area contributed by atoms with Crippen molar-refractivity contribution in [3.63, 3.8) is 0 Å². The zero-order valence-electron chi connectivity index (χ0n) is 11.7. The number of anilines is 1. The van der Waals surface area contributed by atoms with Gasteiger partial charge in [-0.25, -0.2) is 4.98 Å². The molecule has 4 heteroatoms. The largest absolute Gasteiger partial charge is 0.348 e. The first-order valence-corrected chi connectivity index (χ1v) is 7.33. The van der Waals surface area contributed by atoms with Crippen molar-refractivity contribution in [1.82, 2.24) is 10.3 Å². The third kappa shape index (κ3) is 4.64. The van der Waals surface area contributed by atoms with E-state index in [1.807, 2.05) is 0 Å². The highest BCUT2D eigenvalue weighted by atomic mass is 32.1. The number of hydrogen-bond acceptors (Lipinski definition) is 4. The lowest BCUT2D eigenvalue weighted by molar-refractivity contribution is 0.587. The molecule has 0 saturated heterocycles. The fraction of sp³-hybridized carbons (Fsp3) is 0.769. The number of hydrogen-bond donors (Lipinski definition) is 1. The van der Waals surface area contributed by atoms with E-state index >= 15 is 0 Å². The van der Waals surface area contributed by atoms with Gasteiger partial charge >= 0.3 is 0 Å². The smallest absolute Gasteiger partial charge is 0.185 e. The van der Waals surface area contributed by atoms with E-state index in [1.165, 1.54) is 5.69 Å². The van der Waals surface area contributed by atoms with Crippen LogP contribution in [0.5, 0.6) is 0 Å². The average molecular weight is 255 g/mol. The molecule has 3 nitrogen and oxygen atoms in total. The second-order valence-electron chi connectivity index (χ2n) is 4.85. The van der Waals surface area contributed by atoms with Crippen LogP contribution >= 0.6 is 11.3 Å². The van der Waals surface area contributed by atoms with Crippen molar-refractivity contribution in [2.45, 2.75) is 52.6 Å². The maximum atomic E-state index is 4.68. The van der Waals surface area contributed by atoms with Gasteiger partial charge in [0.1, 0.15) is 0 Å². The normalized spacial score (nSPS) is 13.1. The first kappa shape index (κ1) is 14.5. The molecule has 0 fully saturated rings. The SMILES string of the molecule is CCC(C)N(C)c1nc(CCNC(C)C)cs1. The van der Waals surface area contributed by atoms with Crippen LogP contribution in [0.2, 0.25) is 0 Å². The summed E-state index contributed by atoms with van der Waals surface area (Å²) in [4.78, 5) is 6.95. The zero-order valence-corrected chi connectivity index (χ0v) is 12.5. The van der Waals surface area contributed by atoms with Crippen LogP contribution < -0.4 is 10.2 Å². The minimum atomic E-state index is 0.552. The molecule has 0 aliphatic carbocycles. The maximum absolute atomic E-state index is 4.68. The Bertz CT molecular complexity index is 322. The molecule has 98 valence electrons. The van der Waals surface area contributed by atoms with Gasteiger partial charge in [-0.2, -0.15) is 0 Å². The molecule has 1 unspecified atom stereocenters. The van der Waals surface area contributed by atoms with Gasteiger partial charge in [-0.05, 0) is 13.3 Å². The highest BCUT2D eigenvalue weighted by molar-refractivity contribution is 7.13. The number of nitrogens with zero attached hydrogens (tertiary/aromatic N) is 2. The van der Waals surface area contributed by atoms with Crippen molar-refractivity contribution in [2.24, 2.45) is 0 Å². The molecule has 0 spiro atoms. The molecular formula is C13H25N3S. The van der Waals surface area contributed by atoms with E-state index in [1.54, 1.807) is 11.3 Å². The molecule has 1 N–H and O–H groups in total. The molecule has 1 atom stereocenters. The standard InChI is InChI=1S/C13H25N3S/c1-6-11(4)16(5)13-15-12(9-17-13)7-8-14-10(2)3/h9-11,14H,6-8H2,1-5H3. The number of thiazole rings is 1. The van der Waals surface area contributed by atoms with Gasteiger partial charge < -0.3 is 10.2 Å². The van der Waals surface area contributed by atoms with Crippen molar-refractivity contribution >= 4 is 16.5 Å². The van der Waals surface area contributed by atoms with Crippen LogP contribution in [0.4, 0.5) is 5.13 Å². The predicted molar refractivity (Wildman–Crippen MR) is 77.1 cm³/mol. The molecule has 0 aliphatic rings. The average Bonchev–Trinajstić information content (AvgIpc) is 2.75. The maximum Gasteiger partial charge on any atom is 0.185 e. The quantitative estimate of drug-likeness (QED) is 0.812. The molecule has 1 heterocycles. The molecule has 0 radical (unpaired) electrons. The molecule has 0 aromatic carbocycles. The van der Waals surface area contributed by atoms with Gasteiger partial charge in [-0.3, -0.25) is 0 Å². The third-order valence-corrected chi connectivity index (χ3v) is 4.01. The summed E-state index contributed by atoms with van der Waals surface area (Å²) < 4.78 is 0. The van der Waals surface area contributed by atoms with Crippen molar-refractivity contribution < 1.29 is 0 Å². The molecule has 0 bridgehead atoms. The van der Waals surface area contributed by atoms with Gasteiger partial charge in [0.15, 0.2) is 5.13 Å². The molecule has 0 saturated carbocycles. The molecule has 17 heavy (non-hydrogen) atoms. The van der Waals surface area contributed by atoms with Crippen LogP contribution in [0.15, 0.2) is 5.38 Å². The second kappa shape index (κ2) is 6.97. The topological polar surface area (TPSA) is 28.2 Å². The summed E-state index contributed by atoms with van der Waals surface area (Å²) in [6, 6.07) is 1.11. The van der Waals surface area contributed by atoms with E-state index < -0.39 is 0 Å². The summed E-state index contributed by atoms with van der Waals surface area (Å²) in [6.45, 7) is 9.80. The number of aromatic nitrogens is 1. The van der Waals surface area contributed by atoms with Crippen LogP contribution in [0.1, 0.15) is 39.8 Å². The fourth-order valence-electron chi connectivity index (χ4n) is 1.52. The molecule has 1 aromatic rings. The molecular weight excluding hydrogens is 230 g/mol. The Balaban J connectivity index is 2.47. The van der Waals surface area contributed by atoms with Crippen LogP contribution in [-0.4, -0.2) is 30.7 Å². The lowest BCUT2D eigenvalue weighted by Crippen LogP contribution is -2.28. The zero-order chi connectivity index (χ0) is 12.8. The Kier molecular flexibility index (Phi) is 5.92. The second-order valence-corrected chi connectivity index (χ2v) is 5.68. The Labute approximate surface area is 109 Å². The monoisotopic (exact) mass is 255 g/mol. The van der Waals surface area contributed by atoms with Gasteiger partial charge in [-0.15, -0.1) is 11.3 Å². The first-order valence-electron chi connectivity index (χ1n) is 6.45. The Morgan fingerprint density at radius 2 is 2.12 bits per heavy atom. The highest BCUT2D eigenvalue weighted by Crippen LogP contribution is 2.22. The lowest BCUT2D eigenvalue weighted by atomic mass is 10.2. The Morgan fingerprint density at radius 1 is 1.41 bits per heavy atom. The third-order valence-electron chi connectivity index (χ3n) is 3.03. The van der Waals surface area contributed by atoms with Gasteiger partial charge in [0, 0.05) is 37.5 Å². The molecule has 1 aromatic heterocycles. The summed E-state index contributed by atoms with van der Waals surface area (Å²) in [5, 5.41) is 6.73. The van der Waals surface area contributed by atoms with Crippen molar-refractivity contribution in [1.29, 1.82) is 0 Å². The Morgan fingerprint density at radius 3 is 2.71 bits per heavy atom. The summed E-state index contributed by atoms with van der Waals surface area (Å²) in [5.74, 6) is 0. The fourth-order valence-corrected chi connectivity index (χ4v) is 2.45. The molecule has 0 amide bonds. The summed E-state index contributed by atoms with van der Waals surface area (Å²) in [7, 11) is 2.13. The minimum Gasteiger partial charge on any atom is -0.348 e. The van der Waals surface area contributed by atoms with Crippen molar-refractivity contribution in [2.75, 3.05) is 18.5 Å².